The number of carbonyl (C=O) groups excluding carboxylic acids is 4. The van der Waals surface area contributed by atoms with E-state index in [1.165, 1.54) is 38.1 Å². The lowest BCUT2D eigenvalue weighted by atomic mass is 9.95. The van der Waals surface area contributed by atoms with Gasteiger partial charge in [0.1, 0.15) is 17.9 Å². The quantitative estimate of drug-likeness (QED) is 0.388. The fraction of sp³-hybridized carbons (Fsp3) is 0.476. The molecule has 0 unspecified atom stereocenters. The smallest absolute Gasteiger partial charge is 0.327 e. The molecule has 0 saturated heterocycles. The Balaban J connectivity index is 3.14. The van der Waals surface area contributed by atoms with Gasteiger partial charge >= 0.3 is 17.9 Å². The molecule has 176 valence electrons. The lowest BCUT2D eigenvalue weighted by molar-refractivity contribution is -0.160. The number of ether oxygens (including phenoxy) is 2. The van der Waals surface area contributed by atoms with E-state index in [2.05, 4.69) is 10.6 Å². The van der Waals surface area contributed by atoms with E-state index in [-0.39, 0.29) is 19.6 Å². The van der Waals surface area contributed by atoms with Crippen molar-refractivity contribution in [2.75, 3.05) is 13.2 Å². The molecule has 0 fully saturated rings. The van der Waals surface area contributed by atoms with Crippen LogP contribution in [0.5, 0.6) is 0 Å². The van der Waals surface area contributed by atoms with Crippen molar-refractivity contribution in [1.29, 1.82) is 0 Å². The van der Waals surface area contributed by atoms with Crippen LogP contribution >= 0.6 is 0 Å². The van der Waals surface area contributed by atoms with Gasteiger partial charge in [-0.1, -0.05) is 12.1 Å². The Morgan fingerprint density at radius 3 is 2.25 bits per heavy atom. The summed E-state index contributed by atoms with van der Waals surface area (Å²) in [5.41, 5.74) is 0.374. The van der Waals surface area contributed by atoms with Crippen molar-refractivity contribution in [2.45, 2.75) is 45.7 Å². The van der Waals surface area contributed by atoms with Crippen LogP contribution in [0, 0.1) is 11.7 Å². The Morgan fingerprint density at radius 2 is 1.72 bits per heavy atom. The number of hydrogen-bond acceptors (Lipinski definition) is 7. The summed E-state index contributed by atoms with van der Waals surface area (Å²) in [7, 11) is 0. The number of amides is 2. The maximum absolute atomic E-state index is 13.5. The second kappa shape index (κ2) is 13.0. The first-order valence-electron chi connectivity index (χ1n) is 9.95. The van der Waals surface area contributed by atoms with Gasteiger partial charge < -0.3 is 25.2 Å². The monoisotopic (exact) mass is 454 g/mol. The number of nitrogens with one attached hydrogen (secondary N) is 2. The first kappa shape index (κ1) is 26.5. The lowest BCUT2D eigenvalue weighted by Crippen LogP contribution is -2.55. The van der Waals surface area contributed by atoms with Crippen LogP contribution in [-0.2, 0) is 39.9 Å². The molecule has 32 heavy (non-hydrogen) atoms. The van der Waals surface area contributed by atoms with Crippen LogP contribution in [0.2, 0.25) is 0 Å². The highest BCUT2D eigenvalue weighted by atomic mass is 19.1. The van der Waals surface area contributed by atoms with Crippen molar-refractivity contribution >= 4 is 29.7 Å². The minimum atomic E-state index is -1.84. The van der Waals surface area contributed by atoms with Crippen molar-refractivity contribution in [3.05, 3.63) is 35.6 Å². The van der Waals surface area contributed by atoms with Crippen LogP contribution in [0.15, 0.2) is 24.3 Å². The van der Waals surface area contributed by atoms with E-state index >= 15 is 0 Å². The molecular formula is C21H27FN2O8. The second-order valence-electron chi connectivity index (χ2n) is 6.78. The van der Waals surface area contributed by atoms with Gasteiger partial charge in [0.25, 0.3) is 0 Å². The Bertz CT molecular complexity index is 845. The van der Waals surface area contributed by atoms with Crippen molar-refractivity contribution in [2.24, 2.45) is 5.92 Å². The van der Waals surface area contributed by atoms with Gasteiger partial charge in [0.2, 0.25) is 11.8 Å². The molecule has 1 aromatic rings. The van der Waals surface area contributed by atoms with Gasteiger partial charge in [-0.3, -0.25) is 19.2 Å². The molecule has 0 aliphatic heterocycles. The predicted molar refractivity (Wildman–Crippen MR) is 109 cm³/mol. The van der Waals surface area contributed by atoms with Crippen LogP contribution in [-0.4, -0.2) is 60.1 Å². The van der Waals surface area contributed by atoms with Gasteiger partial charge in [-0.2, -0.15) is 0 Å². The van der Waals surface area contributed by atoms with Crippen molar-refractivity contribution in [3.8, 4) is 0 Å². The van der Waals surface area contributed by atoms with Crippen molar-refractivity contribution < 1.29 is 42.9 Å². The Labute approximate surface area is 184 Å². The number of esters is 2. The van der Waals surface area contributed by atoms with Gasteiger partial charge in [0, 0.05) is 13.3 Å². The van der Waals surface area contributed by atoms with Gasteiger partial charge in [0.05, 0.1) is 25.6 Å². The molecule has 0 saturated carbocycles. The Morgan fingerprint density at radius 1 is 1.06 bits per heavy atom. The van der Waals surface area contributed by atoms with Crippen LogP contribution < -0.4 is 10.6 Å². The molecule has 0 spiro atoms. The zero-order valence-electron chi connectivity index (χ0n) is 18.1. The number of carboxylic acids is 1. The number of carbonyl (C=O) groups is 5. The summed E-state index contributed by atoms with van der Waals surface area (Å²) in [6, 6.07) is 2.22. The fourth-order valence-electron chi connectivity index (χ4n) is 2.93. The highest BCUT2D eigenvalue weighted by Gasteiger charge is 2.39. The van der Waals surface area contributed by atoms with Gasteiger partial charge in [0.15, 0.2) is 0 Å². The van der Waals surface area contributed by atoms with E-state index in [1.54, 1.807) is 0 Å². The summed E-state index contributed by atoms with van der Waals surface area (Å²) in [5, 5.41) is 14.2. The summed E-state index contributed by atoms with van der Waals surface area (Å²) in [4.78, 5) is 60.5. The molecule has 0 aliphatic rings. The molecule has 0 radical (unpaired) electrons. The molecule has 1 aromatic carbocycles. The van der Waals surface area contributed by atoms with Crippen LogP contribution in [0.1, 0.15) is 32.8 Å². The molecule has 0 bridgehead atoms. The predicted octanol–water partition coefficient (Wildman–Crippen LogP) is 0.575. The average molecular weight is 454 g/mol. The van der Waals surface area contributed by atoms with Crippen LogP contribution in [0.25, 0.3) is 0 Å². The molecular weight excluding hydrogens is 427 g/mol. The first-order valence-corrected chi connectivity index (χ1v) is 9.95. The van der Waals surface area contributed by atoms with E-state index in [1.807, 2.05) is 0 Å². The van der Waals surface area contributed by atoms with E-state index in [4.69, 9.17) is 9.47 Å². The SMILES string of the molecule is CCOC(=O)C[C@@H](C(=O)OCC)[C@@H](NC(=O)[C@H](Cc1cccc(F)c1)NC(C)=O)C(=O)O. The van der Waals surface area contributed by atoms with E-state index in [9.17, 15) is 33.5 Å². The van der Waals surface area contributed by atoms with Gasteiger partial charge in [-0.25, -0.2) is 9.18 Å². The molecule has 2 amide bonds. The molecule has 3 N–H and O–H groups in total. The number of benzene rings is 1. The molecule has 1 rings (SSSR count). The van der Waals surface area contributed by atoms with Crippen LogP contribution in [0.4, 0.5) is 4.39 Å². The summed E-state index contributed by atoms with van der Waals surface area (Å²) < 4.78 is 23.1. The summed E-state index contributed by atoms with van der Waals surface area (Å²) in [5.74, 6) is -7.07. The van der Waals surface area contributed by atoms with Crippen molar-refractivity contribution in [3.63, 3.8) is 0 Å². The summed E-state index contributed by atoms with van der Waals surface area (Å²) in [6.07, 6.45) is -0.782. The molecule has 10 nitrogen and oxygen atoms in total. The van der Waals surface area contributed by atoms with E-state index < -0.39 is 60.0 Å². The molecule has 0 aliphatic carbocycles. The number of hydrogen-bond donors (Lipinski definition) is 3. The third kappa shape index (κ3) is 8.70. The van der Waals surface area contributed by atoms with E-state index in [0.29, 0.717) is 5.56 Å². The number of halogens is 1. The topological polar surface area (TPSA) is 148 Å². The minimum absolute atomic E-state index is 0.0106. The van der Waals surface area contributed by atoms with E-state index in [0.717, 1.165) is 6.92 Å². The third-order valence-corrected chi connectivity index (χ3v) is 4.27. The standard InChI is InChI=1S/C21H27FN2O8/c1-4-31-17(26)11-15(21(30)32-5-2)18(20(28)29)24-19(27)16(23-12(3)25)10-13-7-6-8-14(22)9-13/h6-9,15-16,18H,4-5,10-11H2,1-3H3,(H,23,25)(H,24,27)(H,28,29)/t15-,16+,18-/m1/s1. The first-order chi connectivity index (χ1) is 15.1. The van der Waals surface area contributed by atoms with Crippen LogP contribution in [0.3, 0.4) is 0 Å². The summed E-state index contributed by atoms with van der Waals surface area (Å²) in [6.45, 7) is 4.13. The zero-order valence-corrected chi connectivity index (χ0v) is 18.1. The number of carboxylic acid groups (broad SMARTS) is 1. The maximum Gasteiger partial charge on any atom is 0.327 e. The molecule has 11 heteroatoms. The largest absolute Gasteiger partial charge is 0.480 e. The zero-order chi connectivity index (χ0) is 24.3. The highest BCUT2D eigenvalue weighted by molar-refractivity contribution is 5.93. The molecule has 0 aromatic heterocycles. The van der Waals surface area contributed by atoms with Crippen molar-refractivity contribution in [1.82, 2.24) is 10.6 Å². The van der Waals surface area contributed by atoms with Gasteiger partial charge in [-0.05, 0) is 31.5 Å². The number of aliphatic carboxylic acids is 1. The fourth-order valence-corrected chi connectivity index (χ4v) is 2.93. The Hall–Kier alpha value is -3.50. The van der Waals surface area contributed by atoms with Gasteiger partial charge in [-0.15, -0.1) is 0 Å². The second-order valence-corrected chi connectivity index (χ2v) is 6.78. The number of rotatable bonds is 12. The lowest BCUT2D eigenvalue weighted by Gasteiger charge is -2.25. The maximum atomic E-state index is 13.5. The molecule has 0 heterocycles. The normalized spacial score (nSPS) is 13.2. The minimum Gasteiger partial charge on any atom is -0.480 e. The average Bonchev–Trinajstić information content (AvgIpc) is 2.69. The third-order valence-electron chi connectivity index (χ3n) is 4.27. The summed E-state index contributed by atoms with van der Waals surface area (Å²) >= 11 is 0. The Kier molecular flexibility index (Phi) is 10.8. The molecule has 3 atom stereocenters. The highest BCUT2D eigenvalue weighted by Crippen LogP contribution is 2.15.